The van der Waals surface area contributed by atoms with Crippen molar-refractivity contribution < 1.29 is 4.79 Å². The SMILES string of the molecule is Cc1ccc([C@@H]2C3C(=O)C([C@@H](c4ccc(C)cc4)N(C)[C@H]3c3ccc(C)cc3)[C@H](c3ccc(C)cc3)N2C)cc1. The topological polar surface area (TPSA) is 23.6 Å². The van der Waals surface area contributed by atoms with Gasteiger partial charge in [0.15, 0.2) is 0 Å². The highest BCUT2D eigenvalue weighted by Crippen LogP contribution is 2.59. The van der Waals surface area contributed by atoms with Crippen LogP contribution in [0.2, 0.25) is 0 Å². The lowest BCUT2D eigenvalue weighted by Gasteiger charge is -2.59. The summed E-state index contributed by atoms with van der Waals surface area (Å²) in [6.45, 7) is 8.50. The Morgan fingerprint density at radius 3 is 0.800 bits per heavy atom. The lowest BCUT2D eigenvalue weighted by atomic mass is 9.62. The van der Waals surface area contributed by atoms with E-state index in [1.165, 1.54) is 44.5 Å². The lowest BCUT2D eigenvalue weighted by molar-refractivity contribution is -0.161. The van der Waals surface area contributed by atoms with E-state index in [9.17, 15) is 0 Å². The first-order valence-electron chi connectivity index (χ1n) is 14.5. The number of nitrogens with zero attached hydrogens (tertiary/aromatic N) is 2. The molecule has 204 valence electrons. The Bertz CT molecular complexity index is 1270. The summed E-state index contributed by atoms with van der Waals surface area (Å²) in [6.07, 6.45) is 0. The molecule has 0 amide bonds. The van der Waals surface area contributed by atoms with Crippen LogP contribution < -0.4 is 0 Å². The maximum absolute atomic E-state index is 15.0. The summed E-state index contributed by atoms with van der Waals surface area (Å²) in [5, 5.41) is 0. The normalized spacial score (nSPS) is 27.1. The van der Waals surface area contributed by atoms with Crippen molar-refractivity contribution in [1.29, 1.82) is 0 Å². The number of Topliss-reactive ketones (excluding diaryl/α,β-unsaturated/α-hetero) is 1. The van der Waals surface area contributed by atoms with Crippen molar-refractivity contribution in [3.05, 3.63) is 142 Å². The second-order valence-electron chi connectivity index (χ2n) is 12.2. The van der Waals surface area contributed by atoms with Gasteiger partial charge in [-0.05, 0) is 64.0 Å². The van der Waals surface area contributed by atoms with E-state index >= 15 is 4.79 Å². The van der Waals surface area contributed by atoms with Gasteiger partial charge in [0.1, 0.15) is 5.78 Å². The molecule has 40 heavy (non-hydrogen) atoms. The first-order valence-corrected chi connectivity index (χ1v) is 14.5. The van der Waals surface area contributed by atoms with Crippen LogP contribution in [0.1, 0.15) is 68.7 Å². The molecular formula is C37H40N2O. The minimum atomic E-state index is -0.186. The van der Waals surface area contributed by atoms with Gasteiger partial charge in [0.05, 0.1) is 11.8 Å². The fourth-order valence-corrected chi connectivity index (χ4v) is 7.37. The van der Waals surface area contributed by atoms with Crippen LogP contribution in [0.5, 0.6) is 0 Å². The van der Waals surface area contributed by atoms with E-state index in [4.69, 9.17) is 0 Å². The van der Waals surface area contributed by atoms with Gasteiger partial charge in [-0.15, -0.1) is 0 Å². The molecule has 3 nitrogen and oxygen atoms in total. The van der Waals surface area contributed by atoms with Crippen LogP contribution >= 0.6 is 0 Å². The summed E-state index contributed by atoms with van der Waals surface area (Å²) in [7, 11) is 4.48. The molecule has 0 saturated carbocycles. The molecule has 3 heteroatoms. The van der Waals surface area contributed by atoms with E-state index in [0.717, 1.165) is 0 Å². The van der Waals surface area contributed by atoms with Gasteiger partial charge in [0.2, 0.25) is 0 Å². The summed E-state index contributed by atoms with van der Waals surface area (Å²) < 4.78 is 0. The van der Waals surface area contributed by atoms with Crippen molar-refractivity contribution in [2.75, 3.05) is 14.1 Å². The largest absolute Gasteiger partial charge is 0.299 e. The number of ketones is 1. The van der Waals surface area contributed by atoms with Crippen LogP contribution in [0.15, 0.2) is 97.1 Å². The fourth-order valence-electron chi connectivity index (χ4n) is 7.37. The third kappa shape index (κ3) is 4.52. The summed E-state index contributed by atoms with van der Waals surface area (Å²) in [6, 6.07) is 35.2. The van der Waals surface area contributed by atoms with E-state index in [0.29, 0.717) is 5.78 Å². The highest BCUT2D eigenvalue weighted by atomic mass is 16.1. The quantitative estimate of drug-likeness (QED) is 0.269. The number of piperidine rings is 2. The van der Waals surface area contributed by atoms with Gasteiger partial charge in [-0.25, -0.2) is 0 Å². The monoisotopic (exact) mass is 528 g/mol. The van der Waals surface area contributed by atoms with Crippen molar-refractivity contribution in [1.82, 2.24) is 9.80 Å². The maximum Gasteiger partial charge on any atom is 0.146 e. The number of carbonyl (C=O) groups excluding carboxylic acids is 1. The van der Waals surface area contributed by atoms with Gasteiger partial charge in [0, 0.05) is 24.2 Å². The van der Waals surface area contributed by atoms with Crippen LogP contribution in [-0.4, -0.2) is 29.7 Å². The van der Waals surface area contributed by atoms with E-state index in [-0.39, 0.29) is 36.0 Å². The molecule has 6 rings (SSSR count). The van der Waals surface area contributed by atoms with Crippen LogP contribution in [0.25, 0.3) is 0 Å². The van der Waals surface area contributed by atoms with E-state index in [1.54, 1.807) is 0 Å². The average molecular weight is 529 g/mol. The Labute approximate surface area is 239 Å². The number of fused-ring (bicyclic) bond motifs is 2. The summed E-state index contributed by atoms with van der Waals surface area (Å²) >= 11 is 0. The van der Waals surface area contributed by atoms with Crippen molar-refractivity contribution in [3.63, 3.8) is 0 Å². The second kappa shape index (κ2) is 10.5. The number of aryl methyl sites for hydroxylation is 4. The number of rotatable bonds is 4. The Kier molecular flexibility index (Phi) is 6.98. The Hall–Kier alpha value is -3.53. The molecule has 0 spiro atoms. The molecular weight excluding hydrogens is 488 g/mol. The zero-order chi connectivity index (χ0) is 28.1. The first-order chi connectivity index (χ1) is 19.2. The third-order valence-electron chi connectivity index (χ3n) is 9.45. The van der Waals surface area contributed by atoms with Gasteiger partial charge in [-0.1, -0.05) is 119 Å². The molecule has 4 aromatic rings. The molecule has 0 aliphatic carbocycles. The summed E-state index contributed by atoms with van der Waals surface area (Å²) in [5.74, 6) is 0.00566. The predicted octanol–water partition coefficient (Wildman–Crippen LogP) is 7.88. The molecule has 6 atom stereocenters. The number of likely N-dealkylation sites (tertiary alicyclic amines) is 2. The third-order valence-corrected chi connectivity index (χ3v) is 9.45. The summed E-state index contributed by atoms with van der Waals surface area (Å²) in [4.78, 5) is 20.1. The average Bonchev–Trinajstić information content (AvgIpc) is 2.94. The highest BCUT2D eigenvalue weighted by molar-refractivity contribution is 5.89. The lowest BCUT2D eigenvalue weighted by Crippen LogP contribution is -2.60. The molecule has 2 saturated heterocycles. The molecule has 2 heterocycles. The van der Waals surface area contributed by atoms with Gasteiger partial charge in [-0.2, -0.15) is 0 Å². The minimum absolute atomic E-state index is 0.0385. The fraction of sp³-hybridized carbons (Fsp3) is 0.324. The smallest absolute Gasteiger partial charge is 0.146 e. The molecule has 2 fully saturated rings. The van der Waals surface area contributed by atoms with E-state index in [2.05, 4.69) is 149 Å². The number of carbonyl (C=O) groups is 1. The van der Waals surface area contributed by atoms with Crippen LogP contribution in [-0.2, 0) is 4.79 Å². The van der Waals surface area contributed by atoms with Crippen LogP contribution in [0.4, 0.5) is 0 Å². The van der Waals surface area contributed by atoms with Crippen molar-refractivity contribution in [2.45, 2.75) is 51.9 Å². The Morgan fingerprint density at radius 1 is 0.400 bits per heavy atom. The van der Waals surface area contributed by atoms with Crippen molar-refractivity contribution >= 4 is 5.78 Å². The molecule has 2 aliphatic rings. The molecule has 2 unspecified atom stereocenters. The van der Waals surface area contributed by atoms with E-state index < -0.39 is 0 Å². The van der Waals surface area contributed by atoms with Gasteiger partial charge >= 0.3 is 0 Å². The van der Waals surface area contributed by atoms with Gasteiger partial charge in [0.25, 0.3) is 0 Å². The summed E-state index contributed by atoms with van der Waals surface area (Å²) in [5.41, 5.74) is 9.77. The van der Waals surface area contributed by atoms with Crippen LogP contribution in [0.3, 0.4) is 0 Å². The zero-order valence-electron chi connectivity index (χ0n) is 24.5. The first kappa shape index (κ1) is 26.7. The zero-order valence-corrected chi connectivity index (χ0v) is 24.5. The Morgan fingerprint density at radius 2 is 0.600 bits per heavy atom. The molecule has 0 aromatic heterocycles. The minimum Gasteiger partial charge on any atom is -0.299 e. The molecule has 2 aliphatic heterocycles. The standard InChI is InChI=1S/C37H40N2O/c1-23-7-15-27(16-8-23)33-31-34(28-17-9-24(2)10-18-28)39(6)36(30-21-13-26(4)14-22-30)32(37(31)40)35(38(33)5)29-19-11-25(3)12-20-29/h7-22,31-36H,1-6H3/t31?,32?,33-,34+,35+,36-. The van der Waals surface area contributed by atoms with Crippen molar-refractivity contribution in [3.8, 4) is 0 Å². The highest BCUT2D eigenvalue weighted by Gasteiger charge is 2.59. The van der Waals surface area contributed by atoms with Crippen molar-refractivity contribution in [2.24, 2.45) is 11.8 Å². The second-order valence-corrected chi connectivity index (χ2v) is 12.2. The number of hydrogen-bond acceptors (Lipinski definition) is 3. The molecule has 0 radical (unpaired) electrons. The molecule has 2 bridgehead atoms. The molecule has 4 aromatic carbocycles. The Balaban J connectivity index is 1.58. The van der Waals surface area contributed by atoms with E-state index in [1.807, 2.05) is 0 Å². The predicted molar refractivity (Wildman–Crippen MR) is 163 cm³/mol. The van der Waals surface area contributed by atoms with Gasteiger partial charge < -0.3 is 0 Å². The molecule has 0 N–H and O–H groups in total. The number of benzene rings is 4. The van der Waals surface area contributed by atoms with Gasteiger partial charge in [-0.3, -0.25) is 14.6 Å². The van der Waals surface area contributed by atoms with Crippen LogP contribution in [0, 0.1) is 39.5 Å². The number of hydrogen-bond donors (Lipinski definition) is 0. The maximum atomic E-state index is 15.0.